The molecule has 0 saturated heterocycles. The Kier molecular flexibility index (Phi) is 7.03. The first-order valence-electron chi connectivity index (χ1n) is 8.77. The molecule has 1 aliphatic carbocycles. The van der Waals surface area contributed by atoms with Gasteiger partial charge < -0.3 is 19.8 Å². The number of rotatable bonds is 7. The molecule has 138 valence electrons. The fourth-order valence-corrected chi connectivity index (χ4v) is 3.10. The van der Waals surface area contributed by atoms with Crippen LogP contribution in [0.2, 0.25) is 0 Å². The molecule has 1 heterocycles. The quantitative estimate of drug-likeness (QED) is 0.580. The Bertz CT molecular complexity index is 617. The number of hydrogen-bond acceptors (Lipinski definition) is 5. The van der Waals surface area contributed by atoms with Crippen molar-refractivity contribution in [2.24, 2.45) is 0 Å². The second-order valence-corrected chi connectivity index (χ2v) is 6.33. The average molecular weight is 350 g/mol. The molecule has 2 N–H and O–H groups in total. The zero-order chi connectivity index (χ0) is 18.2. The Balaban J connectivity index is 2.07. The van der Waals surface area contributed by atoms with E-state index in [4.69, 9.17) is 9.15 Å². The minimum Gasteiger partial charge on any atom is -0.468 e. The molecule has 25 heavy (non-hydrogen) atoms. The summed E-state index contributed by atoms with van der Waals surface area (Å²) < 4.78 is 10.3. The second-order valence-electron chi connectivity index (χ2n) is 6.33. The first kappa shape index (κ1) is 19.0. The number of carbonyl (C=O) groups is 3. The van der Waals surface area contributed by atoms with E-state index >= 15 is 0 Å². The van der Waals surface area contributed by atoms with Crippen LogP contribution in [0.25, 0.3) is 0 Å². The Morgan fingerprint density at radius 2 is 1.96 bits per heavy atom. The third-order valence-electron chi connectivity index (χ3n) is 4.40. The molecule has 2 amide bonds. The molecule has 0 bridgehead atoms. The standard InChI is InChI=1S/C18H26N2O5/c1-12(21)19-10-6-9-15-16(18(23)24-2)14(11-25-15)17(22)20-13-7-4-3-5-8-13/h11,13H,3-10H2,1-2H3,(H,19,21)(H,20,22). The summed E-state index contributed by atoms with van der Waals surface area (Å²) >= 11 is 0. The maximum Gasteiger partial charge on any atom is 0.342 e. The maximum absolute atomic E-state index is 12.6. The number of furan rings is 1. The van der Waals surface area contributed by atoms with Crippen molar-refractivity contribution in [3.05, 3.63) is 23.2 Å². The normalized spacial score (nSPS) is 14.8. The molecule has 0 spiro atoms. The van der Waals surface area contributed by atoms with Crippen LogP contribution in [0.4, 0.5) is 0 Å². The van der Waals surface area contributed by atoms with Crippen LogP contribution in [-0.2, 0) is 16.0 Å². The first-order valence-corrected chi connectivity index (χ1v) is 8.77. The van der Waals surface area contributed by atoms with Gasteiger partial charge in [-0.05, 0) is 19.3 Å². The van der Waals surface area contributed by atoms with Crippen LogP contribution < -0.4 is 10.6 Å². The summed E-state index contributed by atoms with van der Waals surface area (Å²) in [5, 5.41) is 5.67. The van der Waals surface area contributed by atoms with Crippen molar-refractivity contribution in [2.45, 2.75) is 57.9 Å². The van der Waals surface area contributed by atoms with Gasteiger partial charge in [0.1, 0.15) is 17.6 Å². The Morgan fingerprint density at radius 3 is 2.60 bits per heavy atom. The largest absolute Gasteiger partial charge is 0.468 e. The highest BCUT2D eigenvalue weighted by molar-refractivity contribution is 6.06. The summed E-state index contributed by atoms with van der Waals surface area (Å²) in [6, 6.07) is 0.143. The van der Waals surface area contributed by atoms with Crippen molar-refractivity contribution in [1.82, 2.24) is 10.6 Å². The zero-order valence-electron chi connectivity index (χ0n) is 14.9. The fourth-order valence-electron chi connectivity index (χ4n) is 3.10. The molecule has 1 fully saturated rings. The van der Waals surface area contributed by atoms with E-state index in [1.165, 1.54) is 26.7 Å². The molecular weight excluding hydrogens is 324 g/mol. The monoisotopic (exact) mass is 350 g/mol. The van der Waals surface area contributed by atoms with Crippen LogP contribution in [0.3, 0.4) is 0 Å². The number of carbonyl (C=O) groups excluding carboxylic acids is 3. The van der Waals surface area contributed by atoms with E-state index in [1.54, 1.807) is 0 Å². The molecular formula is C18H26N2O5. The van der Waals surface area contributed by atoms with E-state index in [2.05, 4.69) is 10.6 Å². The van der Waals surface area contributed by atoms with E-state index < -0.39 is 5.97 Å². The van der Waals surface area contributed by atoms with Crippen LogP contribution in [0, 0.1) is 0 Å². The Morgan fingerprint density at radius 1 is 1.24 bits per heavy atom. The van der Waals surface area contributed by atoms with Crippen LogP contribution >= 0.6 is 0 Å². The molecule has 0 aromatic carbocycles. The van der Waals surface area contributed by atoms with Crippen molar-refractivity contribution in [3.63, 3.8) is 0 Å². The number of amides is 2. The lowest BCUT2D eigenvalue weighted by atomic mass is 9.95. The Hall–Kier alpha value is -2.31. The molecule has 0 radical (unpaired) electrons. The third kappa shape index (κ3) is 5.34. The topological polar surface area (TPSA) is 97.6 Å². The van der Waals surface area contributed by atoms with Gasteiger partial charge >= 0.3 is 5.97 Å². The highest BCUT2D eigenvalue weighted by Gasteiger charge is 2.27. The first-order chi connectivity index (χ1) is 12.0. The molecule has 1 aliphatic rings. The minimum absolute atomic E-state index is 0.111. The van der Waals surface area contributed by atoms with Gasteiger partial charge in [-0.2, -0.15) is 0 Å². The van der Waals surface area contributed by atoms with Gasteiger partial charge in [-0.25, -0.2) is 4.79 Å². The van der Waals surface area contributed by atoms with Gasteiger partial charge in [-0.1, -0.05) is 19.3 Å². The van der Waals surface area contributed by atoms with E-state index in [0.717, 1.165) is 25.7 Å². The Labute approximate surface area is 147 Å². The molecule has 2 rings (SSSR count). The summed E-state index contributed by atoms with van der Waals surface area (Å²) in [5.74, 6) is -0.590. The van der Waals surface area contributed by atoms with Gasteiger partial charge in [-0.3, -0.25) is 9.59 Å². The van der Waals surface area contributed by atoms with E-state index in [-0.39, 0.29) is 29.0 Å². The number of aryl methyl sites for hydroxylation is 1. The van der Waals surface area contributed by atoms with Gasteiger partial charge in [0.15, 0.2) is 0 Å². The summed E-state index contributed by atoms with van der Waals surface area (Å²) in [7, 11) is 1.28. The van der Waals surface area contributed by atoms with Crippen molar-refractivity contribution < 1.29 is 23.5 Å². The molecule has 0 aliphatic heterocycles. The van der Waals surface area contributed by atoms with Gasteiger partial charge in [0.2, 0.25) is 5.91 Å². The zero-order valence-corrected chi connectivity index (χ0v) is 14.9. The fraction of sp³-hybridized carbons (Fsp3) is 0.611. The number of methoxy groups -OCH3 is 1. The highest BCUT2D eigenvalue weighted by Crippen LogP contribution is 2.22. The van der Waals surface area contributed by atoms with Crippen LogP contribution in [0.15, 0.2) is 10.7 Å². The molecule has 1 aromatic heterocycles. The average Bonchev–Trinajstić information content (AvgIpc) is 3.02. The molecule has 1 aromatic rings. The van der Waals surface area contributed by atoms with Crippen LogP contribution in [0.1, 0.15) is 71.9 Å². The smallest absolute Gasteiger partial charge is 0.342 e. The number of nitrogens with one attached hydrogen (secondary N) is 2. The van der Waals surface area contributed by atoms with E-state index in [9.17, 15) is 14.4 Å². The summed E-state index contributed by atoms with van der Waals surface area (Å²) in [6.07, 6.45) is 7.68. The van der Waals surface area contributed by atoms with E-state index in [0.29, 0.717) is 25.1 Å². The van der Waals surface area contributed by atoms with Crippen molar-refractivity contribution in [3.8, 4) is 0 Å². The van der Waals surface area contributed by atoms with E-state index in [1.807, 2.05) is 0 Å². The van der Waals surface area contributed by atoms with Gasteiger partial charge in [0.25, 0.3) is 5.91 Å². The minimum atomic E-state index is -0.586. The summed E-state index contributed by atoms with van der Waals surface area (Å²) in [5.41, 5.74) is 0.394. The van der Waals surface area contributed by atoms with Crippen molar-refractivity contribution in [1.29, 1.82) is 0 Å². The lowest BCUT2D eigenvalue weighted by Gasteiger charge is -2.22. The van der Waals surface area contributed by atoms with Gasteiger partial charge in [0.05, 0.1) is 12.7 Å². The van der Waals surface area contributed by atoms with Crippen LogP contribution in [-0.4, -0.2) is 37.5 Å². The predicted octanol–water partition coefficient (Wildman–Crippen LogP) is 2.20. The molecule has 7 nitrogen and oxygen atoms in total. The van der Waals surface area contributed by atoms with Crippen molar-refractivity contribution >= 4 is 17.8 Å². The number of hydrogen-bond donors (Lipinski definition) is 2. The summed E-state index contributed by atoms with van der Waals surface area (Å²) in [6.45, 7) is 1.92. The maximum atomic E-state index is 12.6. The third-order valence-corrected chi connectivity index (χ3v) is 4.40. The molecule has 1 saturated carbocycles. The summed E-state index contributed by atoms with van der Waals surface area (Å²) in [4.78, 5) is 35.6. The van der Waals surface area contributed by atoms with Crippen molar-refractivity contribution in [2.75, 3.05) is 13.7 Å². The van der Waals surface area contributed by atoms with Crippen LogP contribution in [0.5, 0.6) is 0 Å². The SMILES string of the molecule is COC(=O)c1c(C(=O)NC2CCCCC2)coc1CCCNC(C)=O. The highest BCUT2D eigenvalue weighted by atomic mass is 16.5. The lowest BCUT2D eigenvalue weighted by molar-refractivity contribution is -0.118. The second kappa shape index (κ2) is 9.25. The molecule has 0 unspecified atom stereocenters. The molecule has 0 atom stereocenters. The lowest BCUT2D eigenvalue weighted by Crippen LogP contribution is -2.36. The van der Waals surface area contributed by atoms with Gasteiger partial charge in [0, 0.05) is 25.9 Å². The number of ether oxygens (including phenoxy) is 1. The predicted molar refractivity (Wildman–Crippen MR) is 91.4 cm³/mol. The van der Waals surface area contributed by atoms with Gasteiger partial charge in [-0.15, -0.1) is 0 Å². The molecule has 7 heteroatoms. The number of esters is 1.